The van der Waals surface area contributed by atoms with Crippen molar-refractivity contribution in [2.75, 3.05) is 5.32 Å². The number of benzene rings is 1. The van der Waals surface area contributed by atoms with Crippen molar-refractivity contribution in [1.29, 1.82) is 0 Å². The molecule has 1 amide bonds. The summed E-state index contributed by atoms with van der Waals surface area (Å²) in [5, 5.41) is 28.5. The quantitative estimate of drug-likeness (QED) is 0.637. The largest absolute Gasteiger partial charge is 0.326 e. The number of nitro groups is 2. The number of anilines is 1. The summed E-state index contributed by atoms with van der Waals surface area (Å²) in [4.78, 5) is 32.6. The number of carbonyl (C=O) groups excluding carboxylic acids is 1. The van der Waals surface area contributed by atoms with Crippen LogP contribution >= 0.6 is 0 Å². The van der Waals surface area contributed by atoms with E-state index in [1.165, 1.54) is 6.92 Å². The minimum Gasteiger partial charge on any atom is -0.326 e. The van der Waals surface area contributed by atoms with E-state index in [1.54, 1.807) is 16.9 Å². The van der Waals surface area contributed by atoms with E-state index in [4.69, 9.17) is 0 Å². The smallest absolute Gasteiger partial charge is 0.281 e. The van der Waals surface area contributed by atoms with Crippen LogP contribution in [0.3, 0.4) is 0 Å². The Kier molecular flexibility index (Phi) is 4.87. The van der Waals surface area contributed by atoms with Crippen LogP contribution < -0.4 is 5.32 Å². The molecule has 0 aliphatic rings. The number of aryl methyl sites for hydroxylation is 2. The van der Waals surface area contributed by atoms with Gasteiger partial charge < -0.3 is 5.32 Å². The second-order valence-corrected chi connectivity index (χ2v) is 5.15. The second kappa shape index (κ2) is 6.86. The van der Waals surface area contributed by atoms with E-state index in [0.29, 0.717) is 6.54 Å². The monoisotopic (exact) mass is 333 g/mol. The van der Waals surface area contributed by atoms with Gasteiger partial charge in [-0.2, -0.15) is 5.10 Å². The van der Waals surface area contributed by atoms with Crippen molar-refractivity contribution in [2.45, 2.75) is 26.8 Å². The molecule has 0 saturated heterocycles. The highest BCUT2D eigenvalue weighted by Crippen LogP contribution is 2.31. The molecule has 2 rings (SSSR count). The molecule has 0 radical (unpaired) electrons. The maximum Gasteiger partial charge on any atom is 0.281 e. The Labute approximate surface area is 136 Å². The van der Waals surface area contributed by atoms with E-state index in [2.05, 4.69) is 10.4 Å². The summed E-state index contributed by atoms with van der Waals surface area (Å²) < 4.78 is 1.64. The summed E-state index contributed by atoms with van der Waals surface area (Å²) in [5.74, 6) is -0.419. The SMILES string of the molecule is Cc1c([N+](=O)[O-])cc(NC(=O)CCn2nccc2C)cc1[N+](=O)[O-]. The maximum absolute atomic E-state index is 12.0. The summed E-state index contributed by atoms with van der Waals surface area (Å²) in [6, 6.07) is 4.02. The van der Waals surface area contributed by atoms with E-state index >= 15 is 0 Å². The topological polar surface area (TPSA) is 133 Å². The predicted molar refractivity (Wildman–Crippen MR) is 84.7 cm³/mol. The molecule has 0 atom stereocenters. The van der Waals surface area contributed by atoms with E-state index in [9.17, 15) is 25.0 Å². The first-order valence-corrected chi connectivity index (χ1v) is 7.01. The van der Waals surface area contributed by atoms with Crippen molar-refractivity contribution in [3.05, 3.63) is 55.9 Å². The number of rotatable bonds is 6. The van der Waals surface area contributed by atoms with Gasteiger partial charge in [-0.1, -0.05) is 0 Å². The van der Waals surface area contributed by atoms with Crippen LogP contribution in [0.15, 0.2) is 24.4 Å². The van der Waals surface area contributed by atoms with E-state index in [-0.39, 0.29) is 17.7 Å². The first-order chi connectivity index (χ1) is 11.3. The molecule has 0 bridgehead atoms. The summed E-state index contributed by atoms with van der Waals surface area (Å²) in [7, 11) is 0. The molecule has 0 unspecified atom stereocenters. The average Bonchev–Trinajstić information content (AvgIpc) is 2.91. The molecule has 0 aliphatic carbocycles. The Morgan fingerprint density at radius 1 is 1.21 bits per heavy atom. The first-order valence-electron chi connectivity index (χ1n) is 7.01. The Morgan fingerprint density at radius 2 is 1.79 bits per heavy atom. The molecule has 0 spiro atoms. The summed E-state index contributed by atoms with van der Waals surface area (Å²) >= 11 is 0. The third kappa shape index (κ3) is 3.72. The molecule has 10 nitrogen and oxygen atoms in total. The van der Waals surface area contributed by atoms with Crippen molar-refractivity contribution in [3.63, 3.8) is 0 Å². The first kappa shape index (κ1) is 17.1. The van der Waals surface area contributed by atoms with Gasteiger partial charge in [-0.05, 0) is 19.9 Å². The molecule has 2 aromatic rings. The van der Waals surface area contributed by atoms with Crippen LogP contribution in [0.4, 0.5) is 17.1 Å². The van der Waals surface area contributed by atoms with E-state index in [1.807, 2.05) is 6.92 Å². The number of hydrogen-bond donors (Lipinski definition) is 1. The van der Waals surface area contributed by atoms with Gasteiger partial charge >= 0.3 is 0 Å². The highest BCUT2D eigenvalue weighted by molar-refractivity contribution is 5.91. The number of nitrogens with one attached hydrogen (secondary N) is 1. The fraction of sp³-hybridized carbons (Fsp3) is 0.286. The molecular weight excluding hydrogens is 318 g/mol. The number of hydrogen-bond acceptors (Lipinski definition) is 6. The Balaban J connectivity index is 2.16. The van der Waals surface area contributed by atoms with Gasteiger partial charge in [0.2, 0.25) is 5.91 Å². The number of carbonyl (C=O) groups is 1. The zero-order chi connectivity index (χ0) is 17.9. The summed E-state index contributed by atoms with van der Waals surface area (Å²) in [6.07, 6.45) is 1.69. The van der Waals surface area contributed by atoms with Gasteiger partial charge in [0.15, 0.2) is 0 Å². The lowest BCUT2D eigenvalue weighted by Crippen LogP contribution is -2.16. The van der Waals surface area contributed by atoms with Crippen LogP contribution in [0.5, 0.6) is 0 Å². The van der Waals surface area contributed by atoms with E-state index in [0.717, 1.165) is 17.8 Å². The lowest BCUT2D eigenvalue weighted by Gasteiger charge is -2.08. The molecule has 24 heavy (non-hydrogen) atoms. The lowest BCUT2D eigenvalue weighted by molar-refractivity contribution is -0.395. The Morgan fingerprint density at radius 3 is 2.25 bits per heavy atom. The van der Waals surface area contributed by atoms with Crippen LogP contribution in [0.25, 0.3) is 0 Å². The van der Waals surface area contributed by atoms with Gasteiger partial charge in [-0.25, -0.2) is 0 Å². The van der Waals surface area contributed by atoms with Crippen molar-refractivity contribution >= 4 is 23.0 Å². The normalized spacial score (nSPS) is 10.4. The van der Waals surface area contributed by atoms with Crippen LogP contribution in [0, 0.1) is 34.1 Å². The molecule has 0 fully saturated rings. The Bertz CT molecular complexity index is 779. The third-order valence-electron chi connectivity index (χ3n) is 3.51. The van der Waals surface area contributed by atoms with Crippen LogP contribution in [0.1, 0.15) is 17.7 Å². The zero-order valence-electron chi connectivity index (χ0n) is 13.1. The number of amides is 1. The minimum absolute atomic E-state index is 0.0150. The highest BCUT2D eigenvalue weighted by atomic mass is 16.6. The summed E-state index contributed by atoms with van der Waals surface area (Å²) in [5.41, 5.74) is 0.0191. The van der Waals surface area contributed by atoms with Crippen molar-refractivity contribution in [2.24, 2.45) is 0 Å². The molecule has 0 aliphatic heterocycles. The predicted octanol–water partition coefficient (Wildman–Crippen LogP) is 2.35. The minimum atomic E-state index is -0.717. The van der Waals surface area contributed by atoms with Gasteiger partial charge in [-0.15, -0.1) is 0 Å². The average molecular weight is 333 g/mol. The highest BCUT2D eigenvalue weighted by Gasteiger charge is 2.23. The van der Waals surface area contributed by atoms with Crippen LogP contribution in [0.2, 0.25) is 0 Å². The fourth-order valence-electron chi connectivity index (χ4n) is 2.20. The number of nitro benzene ring substituents is 2. The molecular formula is C14H15N5O5. The summed E-state index contributed by atoms with van der Waals surface area (Å²) in [6.45, 7) is 3.47. The third-order valence-corrected chi connectivity index (χ3v) is 3.51. The molecule has 1 heterocycles. The molecule has 1 aromatic heterocycles. The van der Waals surface area contributed by atoms with Gasteiger partial charge in [0.25, 0.3) is 11.4 Å². The maximum atomic E-state index is 12.0. The number of nitrogens with zero attached hydrogens (tertiary/aromatic N) is 4. The fourth-order valence-corrected chi connectivity index (χ4v) is 2.20. The van der Waals surface area contributed by atoms with Crippen LogP contribution in [-0.4, -0.2) is 25.5 Å². The molecule has 126 valence electrons. The number of aromatic nitrogens is 2. The molecule has 10 heteroatoms. The lowest BCUT2D eigenvalue weighted by atomic mass is 10.1. The van der Waals surface area contributed by atoms with Crippen molar-refractivity contribution in [1.82, 2.24) is 9.78 Å². The molecule has 0 saturated carbocycles. The zero-order valence-corrected chi connectivity index (χ0v) is 13.1. The van der Waals surface area contributed by atoms with Gasteiger partial charge in [0, 0.05) is 37.0 Å². The van der Waals surface area contributed by atoms with E-state index < -0.39 is 27.1 Å². The second-order valence-electron chi connectivity index (χ2n) is 5.15. The van der Waals surface area contributed by atoms with Crippen molar-refractivity contribution < 1.29 is 14.6 Å². The van der Waals surface area contributed by atoms with Crippen molar-refractivity contribution in [3.8, 4) is 0 Å². The standard InChI is InChI=1S/C14H15N5O5/c1-9-3-5-15-17(9)6-4-14(20)16-11-7-12(18(21)22)10(2)13(8-11)19(23)24/h3,5,7-8H,4,6H2,1-2H3,(H,16,20). The van der Waals surface area contributed by atoms with Crippen LogP contribution in [-0.2, 0) is 11.3 Å². The molecule has 1 N–H and O–H groups in total. The molecule has 1 aromatic carbocycles. The van der Waals surface area contributed by atoms with Gasteiger partial charge in [-0.3, -0.25) is 29.7 Å². The van der Waals surface area contributed by atoms with Gasteiger partial charge in [0.05, 0.1) is 15.5 Å². The van der Waals surface area contributed by atoms with Gasteiger partial charge in [0.1, 0.15) is 5.56 Å². The Hall–Kier alpha value is -3.30.